The van der Waals surface area contributed by atoms with Crippen LogP contribution in [0.25, 0.3) is 0 Å². The Kier molecular flexibility index (Phi) is 4.69. The summed E-state index contributed by atoms with van der Waals surface area (Å²) in [6.07, 6.45) is 0. The molecule has 20 heavy (non-hydrogen) atoms. The maximum absolute atomic E-state index is 11.2. The van der Waals surface area contributed by atoms with E-state index in [1.165, 1.54) is 6.92 Å². The number of carboxylic acid groups (broad SMARTS) is 1. The third-order valence-electron chi connectivity index (χ3n) is 2.48. The molecule has 1 unspecified atom stereocenters. The maximum Gasteiger partial charge on any atom is 0.339 e. The van der Waals surface area contributed by atoms with Gasteiger partial charge in [0.15, 0.2) is 0 Å². The molecule has 110 valence electrons. The normalized spacial score (nSPS) is 12.7. The summed E-state index contributed by atoms with van der Waals surface area (Å²) < 4.78 is 27.5. The van der Waals surface area contributed by atoms with Crippen molar-refractivity contribution in [2.75, 3.05) is 6.61 Å². The summed E-state index contributed by atoms with van der Waals surface area (Å²) in [7, 11) is -4.01. The summed E-state index contributed by atoms with van der Waals surface area (Å²) in [6.45, 7) is 1.39. The number of carbonyl (C=O) groups excluding carboxylic acids is 1. The van der Waals surface area contributed by atoms with Gasteiger partial charge < -0.3 is 15.6 Å². The summed E-state index contributed by atoms with van der Waals surface area (Å²) in [6, 6.07) is 3.17. The summed E-state index contributed by atoms with van der Waals surface area (Å²) in [4.78, 5) is 21.6. The molecule has 8 nitrogen and oxygen atoms in total. The van der Waals surface area contributed by atoms with Crippen molar-refractivity contribution >= 4 is 21.9 Å². The van der Waals surface area contributed by atoms with Crippen molar-refractivity contribution in [1.29, 1.82) is 0 Å². The van der Waals surface area contributed by atoms with E-state index >= 15 is 0 Å². The number of rotatable bonds is 6. The fourth-order valence-electron chi connectivity index (χ4n) is 1.28. The Hall–Kier alpha value is -2.13. The quantitative estimate of drug-likeness (QED) is 0.646. The Morgan fingerprint density at radius 1 is 1.40 bits per heavy atom. The fraction of sp³-hybridized carbons (Fsp3) is 0.273. The highest BCUT2D eigenvalue weighted by molar-refractivity contribution is 7.89. The van der Waals surface area contributed by atoms with E-state index in [4.69, 9.17) is 20.7 Å². The molecule has 5 N–H and O–H groups in total. The lowest BCUT2D eigenvalue weighted by Gasteiger charge is -2.12. The number of nitrogens with two attached hydrogens (primary N) is 2. The molecular formula is C11H14N2O6S. The Labute approximate surface area is 115 Å². The summed E-state index contributed by atoms with van der Waals surface area (Å²) >= 11 is 0. The largest absolute Gasteiger partial charge is 0.492 e. The number of ether oxygens (including phenoxy) is 1. The van der Waals surface area contributed by atoms with Gasteiger partial charge in [-0.05, 0) is 18.2 Å². The van der Waals surface area contributed by atoms with Gasteiger partial charge in [0.25, 0.3) is 0 Å². The Balaban J connectivity index is 3.09. The number of primary sulfonamides is 1. The molecule has 0 aromatic heterocycles. The monoisotopic (exact) mass is 302 g/mol. The lowest BCUT2D eigenvalue weighted by atomic mass is 10.2. The molecule has 0 aliphatic carbocycles. The number of benzene rings is 1. The summed E-state index contributed by atoms with van der Waals surface area (Å²) in [5.41, 5.74) is 4.68. The average molecular weight is 302 g/mol. The molecule has 0 fully saturated rings. The topological polar surface area (TPSA) is 150 Å². The molecule has 0 spiro atoms. The molecule has 1 aromatic carbocycles. The van der Waals surface area contributed by atoms with Crippen molar-refractivity contribution in [2.45, 2.75) is 11.8 Å². The van der Waals surface area contributed by atoms with Gasteiger partial charge in [-0.15, -0.1) is 0 Å². The Morgan fingerprint density at radius 2 is 2.00 bits per heavy atom. The van der Waals surface area contributed by atoms with Crippen molar-refractivity contribution in [3.8, 4) is 5.75 Å². The number of carboxylic acids is 1. The highest BCUT2D eigenvalue weighted by Crippen LogP contribution is 2.22. The molecule has 1 rings (SSSR count). The van der Waals surface area contributed by atoms with Crippen molar-refractivity contribution in [3.05, 3.63) is 23.8 Å². The van der Waals surface area contributed by atoms with Crippen LogP contribution in [0, 0.1) is 5.92 Å². The molecule has 1 amide bonds. The molecular weight excluding hydrogens is 288 g/mol. The number of hydrogen-bond donors (Lipinski definition) is 3. The van der Waals surface area contributed by atoms with Crippen LogP contribution in [-0.4, -0.2) is 32.0 Å². The first kappa shape index (κ1) is 15.9. The smallest absolute Gasteiger partial charge is 0.339 e. The standard InChI is InChI=1S/C11H14N2O6S/c1-6(10(12)14)5-19-9-3-2-7(20(13,17)18)4-8(9)11(15)16/h2-4,6H,5H2,1H3,(H2,12,14)(H,15,16)(H2,13,17,18). The summed E-state index contributed by atoms with van der Waals surface area (Å²) in [5, 5.41) is 13.9. The first-order chi connectivity index (χ1) is 9.12. The SMILES string of the molecule is CC(COc1ccc(S(N)(=O)=O)cc1C(=O)O)C(N)=O. The number of primary amides is 1. The van der Waals surface area contributed by atoms with Crippen molar-refractivity contribution in [1.82, 2.24) is 0 Å². The zero-order chi connectivity index (χ0) is 15.5. The van der Waals surface area contributed by atoms with Gasteiger partial charge in [-0.2, -0.15) is 0 Å². The third kappa shape index (κ3) is 3.93. The van der Waals surface area contributed by atoms with Crippen LogP contribution >= 0.6 is 0 Å². The van der Waals surface area contributed by atoms with E-state index in [0.717, 1.165) is 18.2 Å². The van der Waals surface area contributed by atoms with E-state index in [1.807, 2.05) is 0 Å². The third-order valence-corrected chi connectivity index (χ3v) is 3.40. The van der Waals surface area contributed by atoms with Crippen LogP contribution in [0.4, 0.5) is 0 Å². The molecule has 0 aliphatic rings. The fourth-order valence-corrected chi connectivity index (χ4v) is 1.82. The summed E-state index contributed by atoms with van der Waals surface area (Å²) in [5.74, 6) is -2.66. The predicted octanol–water partition coefficient (Wildman–Crippen LogP) is -0.468. The number of aromatic carboxylic acids is 1. The van der Waals surface area contributed by atoms with Crippen molar-refractivity contribution in [2.24, 2.45) is 16.8 Å². The van der Waals surface area contributed by atoms with Crippen LogP contribution in [0.3, 0.4) is 0 Å². The van der Waals surface area contributed by atoms with Crippen LogP contribution in [0.2, 0.25) is 0 Å². The second-order valence-corrected chi connectivity index (χ2v) is 5.68. The molecule has 1 aromatic rings. The van der Waals surface area contributed by atoms with Crippen molar-refractivity contribution < 1.29 is 27.9 Å². The number of amides is 1. The average Bonchev–Trinajstić information content (AvgIpc) is 2.34. The van der Waals surface area contributed by atoms with Gasteiger partial charge in [0.2, 0.25) is 15.9 Å². The van der Waals surface area contributed by atoms with E-state index in [1.54, 1.807) is 0 Å². The van der Waals surface area contributed by atoms with E-state index in [2.05, 4.69) is 0 Å². The molecule has 9 heteroatoms. The lowest BCUT2D eigenvalue weighted by Crippen LogP contribution is -2.26. The van der Waals surface area contributed by atoms with Crippen LogP contribution in [-0.2, 0) is 14.8 Å². The van der Waals surface area contributed by atoms with Crippen LogP contribution in [0.15, 0.2) is 23.1 Å². The zero-order valence-electron chi connectivity index (χ0n) is 10.6. The van der Waals surface area contributed by atoms with Crippen molar-refractivity contribution in [3.63, 3.8) is 0 Å². The van der Waals surface area contributed by atoms with Crippen LogP contribution in [0.5, 0.6) is 5.75 Å². The molecule has 0 saturated heterocycles. The van der Waals surface area contributed by atoms with Crippen LogP contribution in [0.1, 0.15) is 17.3 Å². The minimum absolute atomic E-state index is 0.0713. The Morgan fingerprint density at radius 3 is 2.45 bits per heavy atom. The molecule has 0 heterocycles. The van der Waals surface area contributed by atoms with Gasteiger partial charge in [-0.3, -0.25) is 4.79 Å². The molecule has 0 bridgehead atoms. The molecule has 0 aliphatic heterocycles. The van der Waals surface area contributed by atoms with Gasteiger partial charge in [0.05, 0.1) is 17.4 Å². The van der Waals surface area contributed by atoms with Gasteiger partial charge in [-0.25, -0.2) is 18.4 Å². The molecule has 0 radical (unpaired) electrons. The van der Waals surface area contributed by atoms with Gasteiger partial charge in [0, 0.05) is 0 Å². The van der Waals surface area contributed by atoms with Gasteiger partial charge in [0.1, 0.15) is 11.3 Å². The van der Waals surface area contributed by atoms with Gasteiger partial charge >= 0.3 is 5.97 Å². The minimum atomic E-state index is -4.01. The second-order valence-electron chi connectivity index (χ2n) is 4.12. The van der Waals surface area contributed by atoms with E-state index in [0.29, 0.717) is 0 Å². The predicted molar refractivity (Wildman–Crippen MR) is 68.6 cm³/mol. The Bertz CT molecular complexity index is 640. The number of hydrogen-bond acceptors (Lipinski definition) is 5. The highest BCUT2D eigenvalue weighted by Gasteiger charge is 2.18. The van der Waals surface area contributed by atoms with E-state index in [9.17, 15) is 18.0 Å². The van der Waals surface area contributed by atoms with Crippen LogP contribution < -0.4 is 15.6 Å². The van der Waals surface area contributed by atoms with E-state index < -0.39 is 27.8 Å². The molecule has 0 saturated carbocycles. The minimum Gasteiger partial charge on any atom is -0.492 e. The second kappa shape index (κ2) is 5.88. The number of carbonyl (C=O) groups is 2. The first-order valence-electron chi connectivity index (χ1n) is 5.45. The highest BCUT2D eigenvalue weighted by atomic mass is 32.2. The van der Waals surface area contributed by atoms with Gasteiger partial charge in [-0.1, -0.05) is 6.92 Å². The number of sulfonamides is 1. The zero-order valence-corrected chi connectivity index (χ0v) is 11.4. The first-order valence-corrected chi connectivity index (χ1v) is 7.00. The lowest BCUT2D eigenvalue weighted by molar-refractivity contribution is -0.122. The molecule has 1 atom stereocenters. The van der Waals surface area contributed by atoms with E-state index in [-0.39, 0.29) is 22.8 Å². The maximum atomic E-state index is 11.2.